The Bertz CT molecular complexity index is 386. The van der Waals surface area contributed by atoms with Crippen LogP contribution in [0.5, 0.6) is 0 Å². The van der Waals surface area contributed by atoms with E-state index in [4.69, 9.17) is 9.39 Å². The summed E-state index contributed by atoms with van der Waals surface area (Å²) in [4.78, 5) is 13.7. The van der Waals surface area contributed by atoms with E-state index in [-0.39, 0.29) is 13.0 Å². The van der Waals surface area contributed by atoms with Gasteiger partial charge >= 0.3 is 13.0 Å². The van der Waals surface area contributed by atoms with Gasteiger partial charge in [0.2, 0.25) is 0 Å². The molecule has 0 aromatic rings. The van der Waals surface area contributed by atoms with Gasteiger partial charge in [0.25, 0.3) is 0 Å². The van der Waals surface area contributed by atoms with Crippen molar-refractivity contribution in [2.75, 3.05) is 13.2 Å². The maximum atomic E-state index is 12.0. The second-order valence-electron chi connectivity index (χ2n) is 6.84. The minimum Gasteiger partial charge on any atom is -0.549 e. The van der Waals surface area contributed by atoms with Gasteiger partial charge in [-0.2, -0.15) is 0 Å². The predicted molar refractivity (Wildman–Crippen MR) is 94.4 cm³/mol. The first-order valence-electron chi connectivity index (χ1n) is 9.57. The molecule has 1 heterocycles. The Morgan fingerprint density at radius 2 is 1.91 bits per heavy atom. The van der Waals surface area contributed by atoms with Crippen molar-refractivity contribution in [2.45, 2.75) is 77.9 Å². The number of unbranched alkanes of at least 4 members (excludes halogenated alkanes) is 2. The van der Waals surface area contributed by atoms with E-state index in [1.807, 2.05) is 0 Å². The predicted octanol–water partition coefficient (Wildman–Crippen LogP) is 5.08. The number of hydrogen-bond donors (Lipinski definition) is 0. The van der Waals surface area contributed by atoms with Crippen LogP contribution in [0.3, 0.4) is 0 Å². The van der Waals surface area contributed by atoms with Gasteiger partial charge in [0.1, 0.15) is 6.61 Å². The number of rotatable bonds is 10. The molecule has 5 heteroatoms. The number of nitrogens with zero attached hydrogens (tertiary/aromatic N) is 1. The molecule has 1 aliphatic heterocycles. The first kappa shape index (κ1) is 18.2. The summed E-state index contributed by atoms with van der Waals surface area (Å²) < 4.78 is 11.5. The molecule has 0 aromatic heterocycles. The van der Waals surface area contributed by atoms with E-state index in [1.165, 1.54) is 51.4 Å². The zero-order chi connectivity index (χ0) is 16.5. The second-order valence-corrected chi connectivity index (χ2v) is 6.84. The summed E-state index contributed by atoms with van der Waals surface area (Å²) in [5.41, 5.74) is 0. The van der Waals surface area contributed by atoms with E-state index in [0.717, 1.165) is 18.5 Å². The maximum Gasteiger partial charge on any atom is 0.416 e. The van der Waals surface area contributed by atoms with Crippen molar-refractivity contribution < 1.29 is 14.2 Å². The minimum absolute atomic E-state index is 0.218. The lowest BCUT2D eigenvalue weighted by Gasteiger charge is -2.24. The van der Waals surface area contributed by atoms with Crippen LogP contribution in [0.25, 0.3) is 0 Å². The average Bonchev–Trinajstić information content (AvgIpc) is 3.20. The molecule has 1 saturated heterocycles. The number of carbonyl (C=O) groups is 1. The van der Waals surface area contributed by atoms with Gasteiger partial charge in [-0.05, 0) is 37.5 Å². The van der Waals surface area contributed by atoms with Crippen LogP contribution in [-0.2, 0) is 9.39 Å². The Morgan fingerprint density at radius 3 is 2.43 bits per heavy atom. The monoisotopic (exact) mass is 321 g/mol. The number of allylic oxidation sites excluding steroid dienone is 1. The molecule has 130 valence electrons. The van der Waals surface area contributed by atoms with Crippen LogP contribution >= 0.6 is 0 Å². The Kier molecular flexibility index (Phi) is 7.83. The number of cyclic esters (lactones) is 1. The SMILES string of the molecule is CCCCB(CCCC)O/C(=C/C1CCCC1)N1CCOC1=O. The van der Waals surface area contributed by atoms with Crippen LogP contribution in [-0.4, -0.2) is 31.1 Å². The fourth-order valence-electron chi connectivity index (χ4n) is 3.41. The van der Waals surface area contributed by atoms with Crippen molar-refractivity contribution in [1.29, 1.82) is 0 Å². The molecule has 2 rings (SSSR count). The lowest BCUT2D eigenvalue weighted by Crippen LogP contribution is -2.30. The normalized spacial score (nSPS) is 19.3. The smallest absolute Gasteiger partial charge is 0.416 e. The topological polar surface area (TPSA) is 38.8 Å². The molecule has 1 amide bonds. The van der Waals surface area contributed by atoms with Gasteiger partial charge in [-0.3, -0.25) is 0 Å². The Balaban J connectivity index is 2.05. The number of ether oxygens (including phenoxy) is 1. The lowest BCUT2D eigenvalue weighted by molar-refractivity contribution is 0.153. The standard InChI is InChI=1S/C18H32BNO3/c1-3-5-11-19(12-6-4-2)23-17(15-16-9-7-8-10-16)20-13-14-22-18(20)21/h15-16H,3-14H2,1-2H3/b17-15+. The summed E-state index contributed by atoms with van der Waals surface area (Å²) >= 11 is 0. The fraction of sp³-hybridized carbons (Fsp3) is 0.833. The molecule has 0 spiro atoms. The zero-order valence-electron chi connectivity index (χ0n) is 14.9. The van der Waals surface area contributed by atoms with Gasteiger partial charge in [-0.15, -0.1) is 0 Å². The van der Waals surface area contributed by atoms with Crippen molar-refractivity contribution in [1.82, 2.24) is 4.90 Å². The molecule has 0 atom stereocenters. The van der Waals surface area contributed by atoms with Crippen LogP contribution in [0.15, 0.2) is 12.0 Å². The molecule has 2 aliphatic rings. The van der Waals surface area contributed by atoms with Crippen LogP contribution in [0.2, 0.25) is 12.6 Å². The molecule has 1 aliphatic carbocycles. The molecule has 0 radical (unpaired) electrons. The van der Waals surface area contributed by atoms with Gasteiger partial charge in [0.05, 0.1) is 6.54 Å². The van der Waals surface area contributed by atoms with Crippen LogP contribution in [0.4, 0.5) is 4.79 Å². The van der Waals surface area contributed by atoms with Gasteiger partial charge in [-0.25, -0.2) is 9.69 Å². The van der Waals surface area contributed by atoms with Crippen molar-refractivity contribution in [3.8, 4) is 0 Å². The third-order valence-electron chi connectivity index (χ3n) is 4.85. The second kappa shape index (κ2) is 9.89. The van der Waals surface area contributed by atoms with Crippen LogP contribution in [0, 0.1) is 5.92 Å². The third kappa shape index (κ3) is 5.78. The molecule has 1 saturated carbocycles. The van der Waals surface area contributed by atoms with Gasteiger partial charge < -0.3 is 9.39 Å². The van der Waals surface area contributed by atoms with E-state index in [9.17, 15) is 4.79 Å². The number of amides is 1. The highest BCUT2D eigenvalue weighted by atomic mass is 16.6. The van der Waals surface area contributed by atoms with Gasteiger partial charge in [0, 0.05) is 0 Å². The van der Waals surface area contributed by atoms with Crippen molar-refractivity contribution >= 4 is 13.0 Å². The van der Waals surface area contributed by atoms with E-state index in [1.54, 1.807) is 4.90 Å². The number of carbonyl (C=O) groups excluding carboxylic acids is 1. The summed E-state index contributed by atoms with van der Waals surface area (Å²) in [6, 6.07) is 0. The maximum absolute atomic E-state index is 12.0. The van der Waals surface area contributed by atoms with Crippen LogP contribution < -0.4 is 0 Å². The fourth-order valence-corrected chi connectivity index (χ4v) is 3.41. The quantitative estimate of drug-likeness (QED) is 0.416. The van der Waals surface area contributed by atoms with Crippen molar-refractivity contribution in [2.24, 2.45) is 5.92 Å². The van der Waals surface area contributed by atoms with E-state index in [2.05, 4.69) is 19.9 Å². The molecule has 0 unspecified atom stereocenters. The highest BCUT2D eigenvalue weighted by Gasteiger charge is 2.30. The van der Waals surface area contributed by atoms with E-state index in [0.29, 0.717) is 19.1 Å². The summed E-state index contributed by atoms with van der Waals surface area (Å²) in [6.07, 6.45) is 13.8. The summed E-state index contributed by atoms with van der Waals surface area (Å²) in [7, 11) is 0. The minimum atomic E-state index is -0.251. The van der Waals surface area contributed by atoms with Crippen LogP contribution in [0.1, 0.15) is 65.2 Å². The molecule has 2 fully saturated rings. The van der Waals surface area contributed by atoms with E-state index < -0.39 is 0 Å². The Labute approximate surface area is 141 Å². The Morgan fingerprint density at radius 1 is 1.26 bits per heavy atom. The molecular weight excluding hydrogens is 289 g/mol. The molecule has 0 N–H and O–H groups in total. The number of hydrogen-bond acceptors (Lipinski definition) is 3. The highest BCUT2D eigenvalue weighted by Crippen LogP contribution is 2.29. The molecule has 4 nitrogen and oxygen atoms in total. The molecule has 0 bridgehead atoms. The molecule has 23 heavy (non-hydrogen) atoms. The lowest BCUT2D eigenvalue weighted by atomic mass is 9.59. The molecular formula is C18H32BNO3. The third-order valence-corrected chi connectivity index (χ3v) is 4.85. The first-order chi connectivity index (χ1) is 11.2. The van der Waals surface area contributed by atoms with Crippen molar-refractivity contribution in [3.63, 3.8) is 0 Å². The highest BCUT2D eigenvalue weighted by molar-refractivity contribution is 6.52. The summed E-state index contributed by atoms with van der Waals surface area (Å²) in [5, 5.41) is 0. The average molecular weight is 321 g/mol. The largest absolute Gasteiger partial charge is 0.549 e. The Hall–Kier alpha value is -1.13. The summed E-state index contributed by atoms with van der Waals surface area (Å²) in [5.74, 6) is 1.31. The van der Waals surface area contributed by atoms with Crippen molar-refractivity contribution in [3.05, 3.63) is 12.0 Å². The first-order valence-corrected chi connectivity index (χ1v) is 9.57. The zero-order valence-corrected chi connectivity index (χ0v) is 14.9. The molecule has 0 aromatic carbocycles. The van der Waals surface area contributed by atoms with Gasteiger partial charge in [0.15, 0.2) is 5.88 Å². The van der Waals surface area contributed by atoms with Gasteiger partial charge in [-0.1, -0.05) is 52.4 Å². The van der Waals surface area contributed by atoms with E-state index >= 15 is 0 Å². The summed E-state index contributed by atoms with van der Waals surface area (Å²) in [6.45, 7) is 5.73.